The molecule has 0 atom stereocenters. The van der Waals surface area contributed by atoms with Gasteiger partial charge in [-0.2, -0.15) is 4.99 Å². The van der Waals surface area contributed by atoms with Crippen molar-refractivity contribution in [3.8, 4) is 17.6 Å². The summed E-state index contributed by atoms with van der Waals surface area (Å²) in [6.07, 6.45) is 1.04. The van der Waals surface area contributed by atoms with E-state index in [1.54, 1.807) is 45.2 Å². The molecule has 0 aliphatic rings. The van der Waals surface area contributed by atoms with Crippen molar-refractivity contribution in [2.75, 3.05) is 52.0 Å². The number of hydrogen-bond donors (Lipinski definition) is 0. The lowest BCUT2D eigenvalue weighted by Gasteiger charge is -2.36. The summed E-state index contributed by atoms with van der Waals surface area (Å²) in [6.45, 7) is 27.9. The number of aromatic nitrogens is 4. The average Bonchev–Trinajstić information content (AvgIpc) is 3.84. The van der Waals surface area contributed by atoms with E-state index in [0.29, 0.717) is 73.0 Å². The third-order valence-corrected chi connectivity index (χ3v) is 19.8. The van der Waals surface area contributed by atoms with Crippen LogP contribution >= 0.6 is 22.7 Å². The highest BCUT2D eigenvalue weighted by molar-refractivity contribution is 7.16. The number of halogens is 1. The molecule has 0 saturated carbocycles. The molecular formula is C50H70FN7O7S2Si2. The van der Waals surface area contributed by atoms with Gasteiger partial charge < -0.3 is 33.2 Å². The zero-order valence-electron chi connectivity index (χ0n) is 42.9. The quantitative estimate of drug-likeness (QED) is 0.0318. The topological polar surface area (TPSA) is 143 Å². The minimum atomic E-state index is -2.02. The third kappa shape index (κ3) is 16.0. The Kier molecular flexibility index (Phi) is 18.9. The number of para-hydroxylation sites is 1. The molecule has 3 heterocycles. The molecule has 0 saturated heterocycles. The molecular weight excluding hydrogens is 950 g/mol. The van der Waals surface area contributed by atoms with Crippen LogP contribution in [-0.2, 0) is 31.8 Å². The van der Waals surface area contributed by atoms with E-state index in [0.717, 1.165) is 26.6 Å². The van der Waals surface area contributed by atoms with E-state index in [2.05, 4.69) is 87.1 Å². The molecule has 14 nitrogen and oxygen atoms in total. The highest BCUT2D eigenvalue weighted by Crippen LogP contribution is 2.37. The first-order valence-corrected chi connectivity index (χ1v) is 31.5. The van der Waals surface area contributed by atoms with E-state index in [4.69, 9.17) is 38.4 Å². The fraction of sp³-hybridized carbons (Fsp3) is 0.520. The molecule has 0 unspecified atom stereocenters. The maximum Gasteiger partial charge on any atom is 0.410 e. The van der Waals surface area contributed by atoms with Crippen LogP contribution in [0.1, 0.15) is 80.9 Å². The summed E-state index contributed by atoms with van der Waals surface area (Å²) in [7, 11) is -0.361. The minimum Gasteiger partial charge on any atom is -0.491 e. The fourth-order valence-corrected chi connectivity index (χ4v) is 10.3. The number of anilines is 2. The summed E-state index contributed by atoms with van der Waals surface area (Å²) in [5.74, 6) is 5.76. The first-order valence-electron chi connectivity index (χ1n) is 23.3. The highest BCUT2D eigenvalue weighted by Gasteiger charge is 2.37. The van der Waals surface area contributed by atoms with Crippen LogP contribution in [-0.4, -0.2) is 106 Å². The summed E-state index contributed by atoms with van der Waals surface area (Å²) < 4.78 is 47.5. The Morgan fingerprint density at radius 2 is 1.68 bits per heavy atom. The van der Waals surface area contributed by atoms with E-state index in [1.165, 1.54) is 35.5 Å². The Morgan fingerprint density at radius 3 is 2.35 bits per heavy atom. The Hall–Kier alpha value is -4.98. The molecule has 2 aromatic carbocycles. The van der Waals surface area contributed by atoms with Gasteiger partial charge >= 0.3 is 12.1 Å². The number of benzene rings is 2. The molecule has 5 aromatic rings. The van der Waals surface area contributed by atoms with E-state index in [9.17, 15) is 9.59 Å². The van der Waals surface area contributed by atoms with Crippen LogP contribution in [0.25, 0.3) is 10.2 Å². The molecule has 19 heteroatoms. The predicted molar refractivity (Wildman–Crippen MR) is 280 cm³/mol. The number of rotatable bonds is 20. The van der Waals surface area contributed by atoms with Crippen molar-refractivity contribution in [3.63, 3.8) is 0 Å². The van der Waals surface area contributed by atoms with Crippen molar-refractivity contribution in [1.82, 2.24) is 24.6 Å². The van der Waals surface area contributed by atoms with Crippen LogP contribution in [0.3, 0.4) is 0 Å². The lowest BCUT2D eigenvalue weighted by molar-refractivity contribution is 0.0320. The monoisotopic (exact) mass is 1020 g/mol. The summed E-state index contributed by atoms with van der Waals surface area (Å²) in [5, 5.41) is 9.99. The number of carbonyl (C=O) groups is 2. The van der Waals surface area contributed by atoms with Crippen molar-refractivity contribution in [3.05, 3.63) is 80.8 Å². The molecule has 0 spiro atoms. The smallest absolute Gasteiger partial charge is 0.410 e. The maximum absolute atomic E-state index is 15.2. The molecule has 0 N–H and O–H groups in total. The second-order valence-electron chi connectivity index (χ2n) is 20.6. The van der Waals surface area contributed by atoms with Crippen LogP contribution < -0.4 is 14.4 Å². The largest absolute Gasteiger partial charge is 0.491 e. The zero-order chi connectivity index (χ0) is 50.7. The highest BCUT2D eigenvalue weighted by atomic mass is 32.1. The number of fused-ring (bicyclic) bond motifs is 1. The maximum atomic E-state index is 15.2. The van der Waals surface area contributed by atoms with Gasteiger partial charge in [0.1, 0.15) is 12.3 Å². The molecule has 0 radical (unpaired) electrons. The van der Waals surface area contributed by atoms with Gasteiger partial charge in [-0.3, -0.25) is 4.57 Å². The van der Waals surface area contributed by atoms with Crippen LogP contribution in [0.2, 0.25) is 43.8 Å². The lowest BCUT2D eigenvalue weighted by Crippen LogP contribution is -2.41. The number of aryl methyl sites for hydroxylation is 2. The van der Waals surface area contributed by atoms with Gasteiger partial charge in [-0.05, 0) is 113 Å². The fourth-order valence-electron chi connectivity index (χ4n) is 6.29. The van der Waals surface area contributed by atoms with Gasteiger partial charge in [0.2, 0.25) is 0 Å². The van der Waals surface area contributed by atoms with Gasteiger partial charge in [0.15, 0.2) is 47.1 Å². The van der Waals surface area contributed by atoms with Gasteiger partial charge in [-0.15, -0.1) is 21.5 Å². The number of hydrogen-bond acceptors (Lipinski definition) is 14. The number of nitrogens with zero attached hydrogens (tertiary/aromatic N) is 7. The van der Waals surface area contributed by atoms with E-state index in [1.807, 2.05) is 30.0 Å². The van der Waals surface area contributed by atoms with Crippen LogP contribution in [0.4, 0.5) is 26.0 Å². The molecule has 69 heavy (non-hydrogen) atoms. The Morgan fingerprint density at radius 1 is 0.942 bits per heavy atom. The minimum absolute atomic E-state index is 0.0531. The normalized spacial score (nSPS) is 12.5. The number of carbonyl (C=O) groups excluding carboxylic acids is 2. The lowest BCUT2D eigenvalue weighted by atomic mass is 10.2. The summed E-state index contributed by atoms with van der Waals surface area (Å²) >= 11 is 2.94. The van der Waals surface area contributed by atoms with Gasteiger partial charge in [-0.1, -0.05) is 75.7 Å². The van der Waals surface area contributed by atoms with Gasteiger partial charge in [-0.25, -0.2) is 19.0 Å². The number of ether oxygens (including phenoxy) is 4. The Balaban J connectivity index is 1.36. The van der Waals surface area contributed by atoms with Crippen molar-refractivity contribution in [2.45, 2.75) is 124 Å². The molecule has 0 aliphatic heterocycles. The third-order valence-electron chi connectivity index (χ3n) is 11.3. The zero-order valence-corrected chi connectivity index (χ0v) is 46.5. The summed E-state index contributed by atoms with van der Waals surface area (Å²) in [5.41, 5.74) is 1.87. The van der Waals surface area contributed by atoms with Gasteiger partial charge in [0, 0.05) is 45.3 Å². The van der Waals surface area contributed by atoms with Crippen molar-refractivity contribution in [1.29, 1.82) is 0 Å². The molecule has 3 aromatic heterocycles. The number of amides is 1. The molecule has 0 fully saturated rings. The molecule has 0 aliphatic carbocycles. The molecule has 1 amide bonds. The van der Waals surface area contributed by atoms with Crippen molar-refractivity contribution >= 4 is 78.1 Å². The first kappa shape index (κ1) is 55.0. The second-order valence-corrected chi connectivity index (χ2v) is 33.1. The van der Waals surface area contributed by atoms with E-state index < -0.39 is 39.9 Å². The van der Waals surface area contributed by atoms with Crippen molar-refractivity contribution < 1.29 is 37.4 Å². The Labute approximate surface area is 417 Å². The van der Waals surface area contributed by atoms with Crippen molar-refractivity contribution in [2.24, 2.45) is 4.99 Å². The standard InChI is InChI=1S/C50H70FN7O7S2Si2/c1-35-32-42(54-55-44(35)53-47-58(34-62-30-31-68(10,11)12)38-21-15-16-22-40(38)66-47)57(27-19-29-64-69(13,14)50(5,6)7)46-52-43(45(59)61-9)41(67-46)23-18-28-63-39-25-24-36(33-37(39)51)20-17-26-56(8)48(60)65-49(2,3)4/h15-16,21-22,24-25,32-33H,18-19,23,26-31,34H2,1-14H3/b53-47-. The van der Waals surface area contributed by atoms with E-state index in [-0.39, 0.29) is 29.6 Å². The number of esters is 1. The van der Waals surface area contributed by atoms with Crippen LogP contribution in [0, 0.1) is 24.6 Å². The molecule has 374 valence electrons. The summed E-state index contributed by atoms with van der Waals surface area (Å²) in [6, 6.07) is 15.7. The SMILES string of the molecule is COC(=O)c1nc(N(CCCO[Si](C)(C)C(C)(C)C)c2cc(C)c(/N=c3\sc4ccccc4n3COCC[Si](C)(C)C)nn2)sc1CCCOc1ccc(C#CCN(C)C(=O)OC(C)(C)C)cc1F. The van der Waals surface area contributed by atoms with Crippen LogP contribution in [0.15, 0.2) is 53.5 Å². The Bertz CT molecular complexity index is 2690. The average molecular weight is 1020 g/mol. The molecule has 5 rings (SSSR count). The second kappa shape index (κ2) is 23.8. The number of methoxy groups -OCH3 is 1. The molecule has 0 bridgehead atoms. The van der Waals surface area contributed by atoms with E-state index >= 15 is 4.39 Å². The number of thiazole rings is 2. The predicted octanol–water partition coefficient (Wildman–Crippen LogP) is 11.5. The van der Waals surface area contributed by atoms with Gasteiger partial charge in [0.25, 0.3) is 0 Å². The summed E-state index contributed by atoms with van der Waals surface area (Å²) in [4.78, 5) is 40.1. The first-order chi connectivity index (χ1) is 32.4. The van der Waals surface area contributed by atoms with Crippen LogP contribution in [0.5, 0.6) is 5.75 Å². The van der Waals surface area contributed by atoms with Gasteiger partial charge in [0.05, 0.1) is 30.5 Å².